The molecular formula is C11H18F3N. The van der Waals surface area contributed by atoms with Gasteiger partial charge < -0.3 is 5.32 Å². The molecule has 1 nitrogen and oxygen atoms in total. The average molecular weight is 221 g/mol. The summed E-state index contributed by atoms with van der Waals surface area (Å²) in [6, 6.07) is 0. The molecule has 0 aromatic rings. The largest absolute Gasteiger partial charge is 0.317 e. The monoisotopic (exact) mass is 221 g/mol. The Balaban J connectivity index is 2.01. The molecule has 3 unspecified atom stereocenters. The molecule has 0 amide bonds. The summed E-state index contributed by atoms with van der Waals surface area (Å²) in [6.07, 6.45) is 1.12. The highest BCUT2D eigenvalue weighted by Crippen LogP contribution is 2.52. The minimum atomic E-state index is -2.55. The number of hydrogen-bond acceptors (Lipinski definition) is 1. The molecule has 4 heteroatoms. The summed E-state index contributed by atoms with van der Waals surface area (Å²) in [5.74, 6) is -2.47. The van der Waals surface area contributed by atoms with Crippen molar-refractivity contribution in [3.8, 4) is 0 Å². The van der Waals surface area contributed by atoms with Crippen LogP contribution in [0.25, 0.3) is 0 Å². The number of fused-ring (bicyclic) bond motifs is 1. The van der Waals surface area contributed by atoms with Gasteiger partial charge in [0.1, 0.15) is 5.67 Å². The predicted molar refractivity (Wildman–Crippen MR) is 52.8 cm³/mol. The fraction of sp³-hybridized carbons (Fsp3) is 1.00. The molecule has 0 radical (unpaired) electrons. The number of halogens is 3. The first-order chi connectivity index (χ1) is 6.94. The molecule has 15 heavy (non-hydrogen) atoms. The summed E-state index contributed by atoms with van der Waals surface area (Å²) in [5, 5.41) is 2.82. The molecule has 0 aliphatic heterocycles. The van der Waals surface area contributed by atoms with Crippen LogP contribution in [0.3, 0.4) is 0 Å². The van der Waals surface area contributed by atoms with Gasteiger partial charge in [0.15, 0.2) is 0 Å². The van der Waals surface area contributed by atoms with E-state index in [4.69, 9.17) is 0 Å². The van der Waals surface area contributed by atoms with Gasteiger partial charge in [-0.05, 0) is 38.1 Å². The van der Waals surface area contributed by atoms with Crippen molar-refractivity contribution < 1.29 is 13.2 Å². The molecule has 3 atom stereocenters. The van der Waals surface area contributed by atoms with Crippen molar-refractivity contribution in [2.24, 2.45) is 11.8 Å². The highest BCUT2D eigenvalue weighted by molar-refractivity contribution is 5.00. The fourth-order valence-electron chi connectivity index (χ4n) is 3.28. The van der Waals surface area contributed by atoms with Gasteiger partial charge in [-0.2, -0.15) is 0 Å². The van der Waals surface area contributed by atoms with Crippen LogP contribution in [0, 0.1) is 11.8 Å². The Morgan fingerprint density at radius 3 is 2.47 bits per heavy atom. The van der Waals surface area contributed by atoms with Crippen LogP contribution < -0.4 is 5.32 Å². The molecule has 0 spiro atoms. The number of nitrogens with one attached hydrogen (secondary N) is 1. The smallest absolute Gasteiger partial charge is 0.248 e. The molecule has 2 rings (SSSR count). The van der Waals surface area contributed by atoms with E-state index in [0.29, 0.717) is 25.8 Å². The van der Waals surface area contributed by atoms with E-state index in [2.05, 4.69) is 5.32 Å². The third-order valence-corrected chi connectivity index (χ3v) is 3.86. The van der Waals surface area contributed by atoms with Gasteiger partial charge in [-0.3, -0.25) is 0 Å². The van der Waals surface area contributed by atoms with E-state index in [9.17, 15) is 13.2 Å². The number of rotatable bonds is 2. The quantitative estimate of drug-likeness (QED) is 0.756. The zero-order valence-electron chi connectivity index (χ0n) is 9.03. The summed E-state index contributed by atoms with van der Waals surface area (Å²) >= 11 is 0. The van der Waals surface area contributed by atoms with Gasteiger partial charge in [0.25, 0.3) is 0 Å². The molecule has 2 fully saturated rings. The Morgan fingerprint density at radius 1 is 1.13 bits per heavy atom. The van der Waals surface area contributed by atoms with Gasteiger partial charge in [0, 0.05) is 19.4 Å². The Bertz CT molecular complexity index is 244. The minimum Gasteiger partial charge on any atom is -0.317 e. The maximum absolute atomic E-state index is 14.2. The van der Waals surface area contributed by atoms with Crippen LogP contribution in [0.1, 0.15) is 32.1 Å². The normalized spacial score (nSPS) is 44.0. The van der Waals surface area contributed by atoms with E-state index in [1.165, 1.54) is 0 Å². The number of hydrogen-bond donors (Lipinski definition) is 1. The highest BCUT2D eigenvalue weighted by atomic mass is 19.3. The van der Waals surface area contributed by atoms with Gasteiger partial charge in [0.2, 0.25) is 5.92 Å². The summed E-state index contributed by atoms with van der Waals surface area (Å²) in [7, 11) is 1.71. The molecular weight excluding hydrogens is 203 g/mol. The van der Waals surface area contributed by atoms with Crippen LogP contribution in [-0.4, -0.2) is 25.2 Å². The molecule has 0 bridgehead atoms. The van der Waals surface area contributed by atoms with Crippen LogP contribution in [-0.2, 0) is 0 Å². The fourth-order valence-corrected chi connectivity index (χ4v) is 3.28. The second kappa shape index (κ2) is 3.65. The summed E-state index contributed by atoms with van der Waals surface area (Å²) in [5.41, 5.74) is -1.25. The van der Waals surface area contributed by atoms with Crippen molar-refractivity contribution >= 4 is 0 Å². The summed E-state index contributed by atoms with van der Waals surface area (Å²) in [4.78, 5) is 0. The molecule has 2 aliphatic rings. The lowest BCUT2D eigenvalue weighted by atomic mass is 9.80. The molecule has 0 aromatic heterocycles. The summed E-state index contributed by atoms with van der Waals surface area (Å²) < 4.78 is 40.4. The molecule has 2 saturated carbocycles. The van der Waals surface area contributed by atoms with Gasteiger partial charge in [0.05, 0.1) is 0 Å². The molecule has 88 valence electrons. The van der Waals surface area contributed by atoms with Crippen LogP contribution in [0.15, 0.2) is 0 Å². The zero-order chi connectivity index (χ0) is 11.1. The zero-order valence-corrected chi connectivity index (χ0v) is 9.03. The van der Waals surface area contributed by atoms with E-state index in [-0.39, 0.29) is 24.7 Å². The van der Waals surface area contributed by atoms with Gasteiger partial charge in [-0.1, -0.05) is 0 Å². The first-order valence-corrected chi connectivity index (χ1v) is 5.65. The standard InChI is InChI=1S/C11H18F3N/c1-15-7-10(12)4-8-2-3-11(13,14)6-9(8)5-10/h8-9,15H,2-7H2,1H3. The minimum absolute atomic E-state index is 0.0518. The first-order valence-electron chi connectivity index (χ1n) is 5.65. The van der Waals surface area contributed by atoms with Crippen molar-refractivity contribution in [2.75, 3.05) is 13.6 Å². The van der Waals surface area contributed by atoms with Gasteiger partial charge >= 0.3 is 0 Å². The molecule has 0 saturated heterocycles. The second-order valence-electron chi connectivity index (χ2n) is 5.21. The van der Waals surface area contributed by atoms with Gasteiger partial charge in [-0.15, -0.1) is 0 Å². The lowest BCUT2D eigenvalue weighted by molar-refractivity contribution is -0.0635. The van der Waals surface area contributed by atoms with E-state index >= 15 is 0 Å². The van der Waals surface area contributed by atoms with Gasteiger partial charge in [-0.25, -0.2) is 13.2 Å². The van der Waals surface area contributed by atoms with E-state index in [1.54, 1.807) is 7.05 Å². The maximum Gasteiger partial charge on any atom is 0.248 e. The number of alkyl halides is 3. The SMILES string of the molecule is CNCC1(F)CC2CCC(F)(F)CC2C1. The predicted octanol–water partition coefficient (Wildman–Crippen LogP) is 2.76. The molecule has 0 aromatic carbocycles. The second-order valence-corrected chi connectivity index (χ2v) is 5.21. The summed E-state index contributed by atoms with van der Waals surface area (Å²) in [6.45, 7) is 0.297. The van der Waals surface area contributed by atoms with E-state index in [0.717, 1.165) is 0 Å². The van der Waals surface area contributed by atoms with Crippen LogP contribution in [0.5, 0.6) is 0 Å². The lowest BCUT2D eigenvalue weighted by Crippen LogP contribution is -2.32. The van der Waals surface area contributed by atoms with Crippen molar-refractivity contribution in [3.05, 3.63) is 0 Å². The topological polar surface area (TPSA) is 12.0 Å². The first kappa shape index (κ1) is 11.2. The maximum atomic E-state index is 14.2. The molecule has 1 N–H and O–H groups in total. The third kappa shape index (κ3) is 2.30. The Kier molecular flexibility index (Phi) is 2.73. The van der Waals surface area contributed by atoms with Crippen LogP contribution in [0.4, 0.5) is 13.2 Å². The Morgan fingerprint density at radius 2 is 1.80 bits per heavy atom. The Hall–Kier alpha value is -0.250. The molecule has 0 heterocycles. The van der Waals surface area contributed by atoms with E-state index in [1.807, 2.05) is 0 Å². The Labute approximate surface area is 88.4 Å². The van der Waals surface area contributed by atoms with Crippen molar-refractivity contribution in [2.45, 2.75) is 43.7 Å². The van der Waals surface area contributed by atoms with Crippen molar-refractivity contribution in [1.82, 2.24) is 5.32 Å². The van der Waals surface area contributed by atoms with Crippen LogP contribution in [0.2, 0.25) is 0 Å². The highest BCUT2D eigenvalue weighted by Gasteiger charge is 2.51. The average Bonchev–Trinajstić information content (AvgIpc) is 2.39. The lowest BCUT2D eigenvalue weighted by Gasteiger charge is -2.31. The van der Waals surface area contributed by atoms with E-state index < -0.39 is 11.6 Å². The van der Waals surface area contributed by atoms with Crippen LogP contribution >= 0.6 is 0 Å². The van der Waals surface area contributed by atoms with Crippen molar-refractivity contribution in [3.63, 3.8) is 0 Å². The third-order valence-electron chi connectivity index (χ3n) is 3.86. The molecule has 2 aliphatic carbocycles. The van der Waals surface area contributed by atoms with Crippen molar-refractivity contribution in [1.29, 1.82) is 0 Å².